The average molecular weight is 341 g/mol. The lowest BCUT2D eigenvalue weighted by Crippen LogP contribution is -2.18. The second kappa shape index (κ2) is 4.74. The van der Waals surface area contributed by atoms with Crippen LogP contribution in [-0.2, 0) is 6.42 Å². The normalized spacial score (nSPS) is 16.3. The second-order valence-corrected chi connectivity index (χ2v) is 6.19. The fraction of sp³-hybridized carbons (Fsp3) is 0.118. The summed E-state index contributed by atoms with van der Waals surface area (Å²) in [5.41, 5.74) is 11.6. The van der Waals surface area contributed by atoms with Gasteiger partial charge in [-0.3, -0.25) is 0 Å². The van der Waals surface area contributed by atoms with Crippen molar-refractivity contribution in [2.75, 3.05) is 5.73 Å². The number of nitrogen functional groups attached to an aromatic ring is 1. The molecule has 4 rings (SSSR count). The van der Waals surface area contributed by atoms with Crippen molar-refractivity contribution < 1.29 is 4.52 Å². The molecule has 1 aliphatic carbocycles. The number of hydrogen-bond donors (Lipinski definition) is 1. The first kappa shape index (κ1) is 12.7. The van der Waals surface area contributed by atoms with Gasteiger partial charge in [-0.25, -0.2) is 0 Å². The Bertz CT molecular complexity index is 825. The van der Waals surface area contributed by atoms with E-state index in [-0.39, 0.29) is 5.92 Å². The van der Waals surface area contributed by atoms with Crippen LogP contribution in [-0.4, -0.2) is 5.16 Å². The Balaban J connectivity index is 1.83. The van der Waals surface area contributed by atoms with Crippen LogP contribution >= 0.6 is 15.9 Å². The Kier molecular flexibility index (Phi) is 2.86. The van der Waals surface area contributed by atoms with Crippen LogP contribution in [0.4, 0.5) is 5.88 Å². The molecule has 3 aromatic rings. The van der Waals surface area contributed by atoms with Gasteiger partial charge in [-0.05, 0) is 35.2 Å². The number of aromatic nitrogens is 1. The van der Waals surface area contributed by atoms with Gasteiger partial charge in [0.1, 0.15) is 5.69 Å². The van der Waals surface area contributed by atoms with Crippen LogP contribution in [0.5, 0.6) is 0 Å². The minimum Gasteiger partial charge on any atom is -0.367 e. The van der Waals surface area contributed by atoms with Gasteiger partial charge in [-0.1, -0.05) is 57.5 Å². The maximum absolute atomic E-state index is 6.02. The summed E-state index contributed by atoms with van der Waals surface area (Å²) in [4.78, 5) is 0. The molecule has 1 unspecified atom stereocenters. The molecule has 1 heterocycles. The van der Waals surface area contributed by atoms with E-state index in [0.717, 1.165) is 27.7 Å². The second-order valence-electron chi connectivity index (χ2n) is 5.27. The van der Waals surface area contributed by atoms with E-state index in [4.69, 9.17) is 10.3 Å². The lowest BCUT2D eigenvalue weighted by atomic mass is 9.74. The molecule has 2 N–H and O–H groups in total. The standard InChI is InChI=1S/C17H13BrN2O/c18-12-6-3-5-11(8-12)15-16(20-21-17(15)19)14-9-10-4-1-2-7-13(10)14/h1-8,14H,9,19H2. The monoisotopic (exact) mass is 340 g/mol. The molecule has 104 valence electrons. The van der Waals surface area contributed by atoms with Crippen LogP contribution in [0.3, 0.4) is 0 Å². The highest BCUT2D eigenvalue weighted by atomic mass is 79.9. The Morgan fingerprint density at radius 2 is 2.00 bits per heavy atom. The van der Waals surface area contributed by atoms with Gasteiger partial charge >= 0.3 is 0 Å². The number of nitrogens with two attached hydrogens (primary N) is 1. The zero-order chi connectivity index (χ0) is 14.4. The zero-order valence-electron chi connectivity index (χ0n) is 11.2. The van der Waals surface area contributed by atoms with Crippen LogP contribution in [0, 0.1) is 0 Å². The summed E-state index contributed by atoms with van der Waals surface area (Å²) in [6, 6.07) is 16.5. The van der Waals surface area contributed by atoms with Crippen molar-refractivity contribution in [3.8, 4) is 11.1 Å². The number of fused-ring (bicyclic) bond motifs is 1. The number of nitrogens with zero attached hydrogens (tertiary/aromatic N) is 1. The highest BCUT2D eigenvalue weighted by Crippen LogP contribution is 2.44. The first-order chi connectivity index (χ1) is 10.2. The molecular weight excluding hydrogens is 328 g/mol. The molecule has 0 bridgehead atoms. The van der Waals surface area contributed by atoms with E-state index < -0.39 is 0 Å². The summed E-state index contributed by atoms with van der Waals surface area (Å²) in [7, 11) is 0. The third-order valence-corrected chi connectivity index (χ3v) is 4.54. The number of rotatable bonds is 2. The number of benzene rings is 2. The molecule has 0 spiro atoms. The van der Waals surface area contributed by atoms with E-state index in [1.807, 2.05) is 24.3 Å². The SMILES string of the molecule is Nc1onc(C2Cc3ccccc32)c1-c1cccc(Br)c1. The molecule has 1 aliphatic rings. The van der Waals surface area contributed by atoms with Crippen LogP contribution < -0.4 is 5.73 Å². The molecular formula is C17H13BrN2O. The first-order valence-corrected chi connectivity index (χ1v) is 7.62. The fourth-order valence-corrected chi connectivity index (χ4v) is 3.39. The summed E-state index contributed by atoms with van der Waals surface area (Å²) >= 11 is 3.50. The number of halogens is 1. The molecule has 0 fully saturated rings. The molecule has 0 aliphatic heterocycles. The lowest BCUT2D eigenvalue weighted by molar-refractivity contribution is 0.420. The Hall–Kier alpha value is -2.07. The fourth-order valence-electron chi connectivity index (χ4n) is 2.99. The number of anilines is 1. The molecule has 4 heteroatoms. The van der Waals surface area contributed by atoms with Crippen molar-refractivity contribution in [1.29, 1.82) is 0 Å². The van der Waals surface area contributed by atoms with Gasteiger partial charge in [0, 0.05) is 10.4 Å². The quantitative estimate of drug-likeness (QED) is 0.753. The third-order valence-electron chi connectivity index (χ3n) is 4.04. The average Bonchev–Trinajstić information content (AvgIpc) is 2.82. The lowest BCUT2D eigenvalue weighted by Gasteiger charge is -2.29. The minimum absolute atomic E-state index is 0.274. The van der Waals surface area contributed by atoms with E-state index in [0.29, 0.717) is 5.88 Å². The predicted molar refractivity (Wildman–Crippen MR) is 86.0 cm³/mol. The minimum atomic E-state index is 0.274. The topological polar surface area (TPSA) is 52.0 Å². The van der Waals surface area contributed by atoms with Crippen LogP contribution in [0.15, 0.2) is 57.5 Å². The molecule has 2 aromatic carbocycles. The van der Waals surface area contributed by atoms with Crippen molar-refractivity contribution in [2.24, 2.45) is 0 Å². The number of hydrogen-bond acceptors (Lipinski definition) is 3. The molecule has 0 saturated carbocycles. The van der Waals surface area contributed by atoms with Crippen molar-refractivity contribution >= 4 is 21.8 Å². The predicted octanol–water partition coefficient (Wildman–Crippen LogP) is 4.37. The van der Waals surface area contributed by atoms with Gasteiger partial charge in [0.05, 0.1) is 5.56 Å². The van der Waals surface area contributed by atoms with E-state index in [9.17, 15) is 0 Å². The maximum Gasteiger partial charge on any atom is 0.230 e. The summed E-state index contributed by atoms with van der Waals surface area (Å²) in [6.07, 6.45) is 0.989. The van der Waals surface area contributed by atoms with Crippen LogP contribution in [0.1, 0.15) is 22.7 Å². The highest BCUT2D eigenvalue weighted by Gasteiger charge is 2.33. The van der Waals surface area contributed by atoms with Gasteiger partial charge in [0.2, 0.25) is 5.88 Å². The Morgan fingerprint density at radius 1 is 1.14 bits per heavy atom. The molecule has 0 amide bonds. The van der Waals surface area contributed by atoms with Gasteiger partial charge < -0.3 is 10.3 Å². The largest absolute Gasteiger partial charge is 0.367 e. The van der Waals surface area contributed by atoms with E-state index in [1.54, 1.807) is 0 Å². The molecule has 3 nitrogen and oxygen atoms in total. The molecule has 1 aromatic heterocycles. The third kappa shape index (κ3) is 1.98. The zero-order valence-corrected chi connectivity index (χ0v) is 12.8. The summed E-state index contributed by atoms with van der Waals surface area (Å²) in [6.45, 7) is 0. The summed E-state index contributed by atoms with van der Waals surface area (Å²) in [5.74, 6) is 0.656. The summed E-state index contributed by atoms with van der Waals surface area (Å²) in [5, 5.41) is 4.23. The van der Waals surface area contributed by atoms with Gasteiger partial charge in [-0.2, -0.15) is 0 Å². The summed E-state index contributed by atoms with van der Waals surface area (Å²) < 4.78 is 6.29. The first-order valence-electron chi connectivity index (χ1n) is 6.83. The smallest absolute Gasteiger partial charge is 0.230 e. The Labute approximate surface area is 130 Å². The van der Waals surface area contributed by atoms with E-state index in [2.05, 4.69) is 45.4 Å². The molecule has 0 saturated heterocycles. The Morgan fingerprint density at radius 3 is 2.81 bits per heavy atom. The maximum atomic E-state index is 6.02. The van der Waals surface area contributed by atoms with E-state index in [1.165, 1.54) is 11.1 Å². The van der Waals surface area contributed by atoms with Gasteiger partial charge in [0.25, 0.3) is 0 Å². The van der Waals surface area contributed by atoms with Gasteiger partial charge in [0.15, 0.2) is 0 Å². The molecule has 1 atom stereocenters. The van der Waals surface area contributed by atoms with Crippen molar-refractivity contribution in [2.45, 2.75) is 12.3 Å². The molecule has 21 heavy (non-hydrogen) atoms. The van der Waals surface area contributed by atoms with Gasteiger partial charge in [-0.15, -0.1) is 0 Å². The molecule has 0 radical (unpaired) electrons. The highest BCUT2D eigenvalue weighted by molar-refractivity contribution is 9.10. The van der Waals surface area contributed by atoms with Crippen LogP contribution in [0.2, 0.25) is 0 Å². The van der Waals surface area contributed by atoms with Crippen molar-refractivity contribution in [1.82, 2.24) is 5.16 Å². The van der Waals surface area contributed by atoms with Crippen molar-refractivity contribution in [3.63, 3.8) is 0 Å². The van der Waals surface area contributed by atoms with Crippen molar-refractivity contribution in [3.05, 3.63) is 69.8 Å². The van der Waals surface area contributed by atoms with E-state index >= 15 is 0 Å². The van der Waals surface area contributed by atoms with Crippen LogP contribution in [0.25, 0.3) is 11.1 Å².